The lowest BCUT2D eigenvalue weighted by molar-refractivity contribution is 0.0623. The molecule has 30 heavy (non-hydrogen) atoms. The number of fused-ring (bicyclic) bond motifs is 1. The minimum absolute atomic E-state index is 0.0456. The Labute approximate surface area is 174 Å². The number of anilines is 1. The fraction of sp³-hybridized carbons (Fsp3) is 0.350. The summed E-state index contributed by atoms with van der Waals surface area (Å²) in [6.07, 6.45) is 5.21. The number of aromatic nitrogens is 3. The smallest absolute Gasteiger partial charge is 0.254 e. The first-order valence-corrected chi connectivity index (χ1v) is 11.3. The number of nitrogens with one attached hydrogen (secondary N) is 1. The number of sulfonamides is 1. The molecular formula is C20H22N6O3S. The lowest BCUT2D eigenvalue weighted by Gasteiger charge is -2.43. The summed E-state index contributed by atoms with van der Waals surface area (Å²) in [7, 11) is -3.88. The van der Waals surface area contributed by atoms with Gasteiger partial charge in [0.25, 0.3) is 5.91 Å². The van der Waals surface area contributed by atoms with Gasteiger partial charge in [-0.25, -0.2) is 23.5 Å². The number of aryl methyl sites for hydroxylation is 1. The van der Waals surface area contributed by atoms with E-state index < -0.39 is 10.0 Å². The Morgan fingerprint density at radius 3 is 2.73 bits per heavy atom. The van der Waals surface area contributed by atoms with Crippen molar-refractivity contribution in [3.8, 4) is 0 Å². The number of piperazine rings is 1. The van der Waals surface area contributed by atoms with Gasteiger partial charge in [-0.05, 0) is 43.5 Å². The number of hydrogen-bond acceptors (Lipinski definition) is 6. The van der Waals surface area contributed by atoms with E-state index in [1.165, 1.54) is 12.1 Å². The molecule has 3 heterocycles. The molecule has 1 aromatic carbocycles. The molecule has 5 rings (SSSR count). The van der Waals surface area contributed by atoms with Gasteiger partial charge < -0.3 is 14.8 Å². The van der Waals surface area contributed by atoms with Crippen LogP contribution in [0.25, 0.3) is 11.0 Å². The third-order valence-electron chi connectivity index (χ3n) is 6.12. The van der Waals surface area contributed by atoms with Crippen LogP contribution in [0.15, 0.2) is 41.7 Å². The summed E-state index contributed by atoms with van der Waals surface area (Å²) >= 11 is 0. The molecule has 3 N–H and O–H groups in total. The first kappa shape index (κ1) is 19.0. The summed E-state index contributed by atoms with van der Waals surface area (Å²) in [5.41, 5.74) is 1.65. The van der Waals surface area contributed by atoms with Gasteiger partial charge in [0.15, 0.2) is 0 Å². The van der Waals surface area contributed by atoms with Gasteiger partial charge in [-0.1, -0.05) is 6.07 Å². The molecule has 9 nitrogen and oxygen atoms in total. The number of carbonyl (C=O) groups is 1. The topological polar surface area (TPSA) is 125 Å². The molecule has 1 amide bonds. The Bertz CT molecular complexity index is 1260. The highest BCUT2D eigenvalue weighted by Crippen LogP contribution is 2.46. The molecule has 0 radical (unpaired) electrons. The molecule has 1 spiro atoms. The maximum absolute atomic E-state index is 13.4. The third kappa shape index (κ3) is 3.03. The van der Waals surface area contributed by atoms with Gasteiger partial charge in [0.2, 0.25) is 10.0 Å². The molecule has 3 aromatic rings. The zero-order valence-corrected chi connectivity index (χ0v) is 17.3. The number of hydrogen-bond donors (Lipinski definition) is 2. The van der Waals surface area contributed by atoms with Crippen LogP contribution in [0.3, 0.4) is 0 Å². The zero-order chi connectivity index (χ0) is 21.1. The summed E-state index contributed by atoms with van der Waals surface area (Å²) in [5.74, 6) is 0.719. The summed E-state index contributed by atoms with van der Waals surface area (Å²) < 4.78 is 23.5. The molecule has 2 fully saturated rings. The maximum Gasteiger partial charge on any atom is 0.254 e. The first-order chi connectivity index (χ1) is 14.3. The van der Waals surface area contributed by atoms with Gasteiger partial charge >= 0.3 is 0 Å². The Morgan fingerprint density at radius 2 is 2.00 bits per heavy atom. The summed E-state index contributed by atoms with van der Waals surface area (Å²) in [6.45, 7) is 3.66. The monoisotopic (exact) mass is 426 g/mol. The van der Waals surface area contributed by atoms with Crippen LogP contribution in [0, 0.1) is 6.92 Å². The molecule has 1 aliphatic carbocycles. The predicted octanol–water partition coefficient (Wildman–Crippen LogP) is 1.41. The van der Waals surface area contributed by atoms with Crippen molar-refractivity contribution in [2.24, 2.45) is 5.14 Å². The van der Waals surface area contributed by atoms with Crippen molar-refractivity contribution in [1.82, 2.24) is 19.9 Å². The zero-order valence-electron chi connectivity index (χ0n) is 16.5. The van der Waals surface area contributed by atoms with Crippen LogP contribution in [-0.4, -0.2) is 59.4 Å². The number of H-pyrrole nitrogens is 1. The van der Waals surface area contributed by atoms with Crippen molar-refractivity contribution in [3.05, 3.63) is 47.9 Å². The molecular weight excluding hydrogens is 404 g/mol. The van der Waals surface area contributed by atoms with Gasteiger partial charge in [-0.3, -0.25) is 4.79 Å². The average molecular weight is 427 g/mol. The number of benzene rings is 1. The van der Waals surface area contributed by atoms with Crippen molar-refractivity contribution in [3.63, 3.8) is 0 Å². The van der Waals surface area contributed by atoms with E-state index in [1.54, 1.807) is 19.3 Å². The lowest BCUT2D eigenvalue weighted by Crippen LogP contribution is -2.57. The van der Waals surface area contributed by atoms with Crippen LogP contribution >= 0.6 is 0 Å². The molecule has 1 saturated heterocycles. The number of primary sulfonamides is 1. The van der Waals surface area contributed by atoms with Crippen molar-refractivity contribution >= 4 is 32.8 Å². The Kier molecular flexibility index (Phi) is 4.13. The molecule has 156 valence electrons. The second-order valence-electron chi connectivity index (χ2n) is 8.06. The number of nitrogens with two attached hydrogens (primary N) is 1. The largest absolute Gasteiger partial charge is 0.352 e. The van der Waals surface area contributed by atoms with E-state index in [0.29, 0.717) is 25.2 Å². The highest BCUT2D eigenvalue weighted by molar-refractivity contribution is 7.89. The molecule has 10 heteroatoms. The fourth-order valence-corrected chi connectivity index (χ4v) is 4.85. The van der Waals surface area contributed by atoms with Crippen molar-refractivity contribution in [2.75, 3.05) is 24.5 Å². The van der Waals surface area contributed by atoms with E-state index >= 15 is 0 Å². The molecule has 2 aliphatic rings. The first-order valence-electron chi connectivity index (χ1n) is 9.77. The van der Waals surface area contributed by atoms with Crippen LogP contribution in [-0.2, 0) is 10.0 Å². The van der Waals surface area contributed by atoms with Crippen LogP contribution in [0.2, 0.25) is 0 Å². The van der Waals surface area contributed by atoms with Crippen LogP contribution < -0.4 is 10.0 Å². The van der Waals surface area contributed by atoms with Crippen molar-refractivity contribution in [2.45, 2.75) is 30.2 Å². The second-order valence-corrected chi connectivity index (χ2v) is 9.62. The average Bonchev–Trinajstić information content (AvgIpc) is 3.29. The number of aromatic amines is 1. The van der Waals surface area contributed by atoms with E-state index in [2.05, 4.69) is 19.9 Å². The highest BCUT2D eigenvalue weighted by atomic mass is 32.2. The Morgan fingerprint density at radius 1 is 1.20 bits per heavy atom. The van der Waals surface area contributed by atoms with Crippen LogP contribution in [0.4, 0.5) is 5.82 Å². The minimum atomic E-state index is -3.88. The number of amides is 1. The standard InChI is InChI=1S/C20H22N6O3S/c1-13-2-3-14(30(21,28)29)10-16(13)19(27)26-9-8-25(11-20(26)5-6-20)18-15-4-7-22-17(15)23-12-24-18/h2-4,7,10,12H,5-6,8-9,11H2,1H3,(H2,21,28,29)(H,22,23,24). The van der Waals surface area contributed by atoms with Gasteiger partial charge in [-0.2, -0.15) is 0 Å². The second kappa shape index (κ2) is 6.51. The van der Waals surface area contributed by atoms with E-state index in [-0.39, 0.29) is 16.3 Å². The van der Waals surface area contributed by atoms with E-state index in [0.717, 1.165) is 35.3 Å². The highest BCUT2D eigenvalue weighted by Gasteiger charge is 2.53. The third-order valence-corrected chi connectivity index (χ3v) is 7.04. The minimum Gasteiger partial charge on any atom is -0.352 e. The molecule has 0 bridgehead atoms. The van der Waals surface area contributed by atoms with E-state index in [9.17, 15) is 13.2 Å². The number of carbonyl (C=O) groups excluding carboxylic acids is 1. The number of rotatable bonds is 3. The predicted molar refractivity (Wildman–Crippen MR) is 112 cm³/mol. The maximum atomic E-state index is 13.4. The SMILES string of the molecule is Cc1ccc(S(N)(=O)=O)cc1C(=O)N1CCN(c2ncnc3[nH]ccc23)CC12CC2. The molecule has 0 atom stereocenters. The van der Waals surface area contributed by atoms with Gasteiger partial charge in [0.1, 0.15) is 17.8 Å². The van der Waals surface area contributed by atoms with E-state index in [4.69, 9.17) is 5.14 Å². The quantitative estimate of drug-likeness (QED) is 0.652. The molecule has 1 saturated carbocycles. The number of nitrogens with zero attached hydrogens (tertiary/aromatic N) is 4. The van der Waals surface area contributed by atoms with Crippen LogP contribution in [0.1, 0.15) is 28.8 Å². The molecule has 0 unspecified atom stereocenters. The van der Waals surface area contributed by atoms with Crippen molar-refractivity contribution < 1.29 is 13.2 Å². The van der Waals surface area contributed by atoms with Gasteiger partial charge in [-0.15, -0.1) is 0 Å². The van der Waals surface area contributed by atoms with Crippen molar-refractivity contribution in [1.29, 1.82) is 0 Å². The fourth-order valence-electron chi connectivity index (χ4n) is 4.31. The molecule has 2 aromatic heterocycles. The van der Waals surface area contributed by atoms with Gasteiger partial charge in [0, 0.05) is 31.4 Å². The normalized spacial score (nSPS) is 18.2. The molecule has 1 aliphatic heterocycles. The van der Waals surface area contributed by atoms with E-state index in [1.807, 2.05) is 17.2 Å². The van der Waals surface area contributed by atoms with Gasteiger partial charge in [0.05, 0.1) is 15.8 Å². The summed E-state index contributed by atoms with van der Waals surface area (Å²) in [5, 5.41) is 6.23. The Balaban J connectivity index is 1.45. The van der Waals surface area contributed by atoms with Crippen LogP contribution in [0.5, 0.6) is 0 Å². The lowest BCUT2D eigenvalue weighted by atomic mass is 10.0. The Hall–Kier alpha value is -2.98. The summed E-state index contributed by atoms with van der Waals surface area (Å²) in [6, 6.07) is 6.42. The summed E-state index contributed by atoms with van der Waals surface area (Å²) in [4.78, 5) is 29.3.